The number of para-hydroxylation sites is 2. The second-order valence-electron chi connectivity index (χ2n) is 18.7. The van der Waals surface area contributed by atoms with Crippen LogP contribution in [0.2, 0.25) is 0 Å². The quantitative estimate of drug-likeness (QED) is 0.164. The van der Waals surface area contributed by atoms with Gasteiger partial charge in [-0.1, -0.05) is 117 Å². The Morgan fingerprint density at radius 1 is 0.482 bits per heavy atom. The monoisotopic (exact) mass is 750 g/mol. The van der Waals surface area contributed by atoms with Crippen molar-refractivity contribution in [2.75, 3.05) is 9.80 Å². The van der Waals surface area contributed by atoms with Crippen LogP contribution in [0.15, 0.2) is 121 Å². The highest BCUT2D eigenvalue weighted by Gasteiger charge is 2.45. The van der Waals surface area contributed by atoms with Crippen LogP contribution in [0.1, 0.15) is 79.0 Å². The minimum absolute atomic E-state index is 0.0186. The van der Waals surface area contributed by atoms with Crippen molar-refractivity contribution >= 4 is 78.0 Å². The average Bonchev–Trinajstić information content (AvgIpc) is 3.52. The van der Waals surface area contributed by atoms with Gasteiger partial charge in [0.05, 0.1) is 5.69 Å². The molecule has 1 aromatic heterocycles. The van der Waals surface area contributed by atoms with Crippen molar-refractivity contribution in [1.29, 1.82) is 0 Å². The minimum Gasteiger partial charge on any atom is -0.449 e. The van der Waals surface area contributed by atoms with Gasteiger partial charge in [-0.15, -0.1) is 11.3 Å². The molecule has 0 atom stereocenters. The van der Waals surface area contributed by atoms with Crippen molar-refractivity contribution in [3.8, 4) is 23.0 Å². The third-order valence-electron chi connectivity index (χ3n) is 11.8. The molecule has 0 amide bonds. The third-order valence-corrected chi connectivity index (χ3v) is 13.0. The van der Waals surface area contributed by atoms with Gasteiger partial charge in [0.15, 0.2) is 23.0 Å². The van der Waals surface area contributed by atoms with E-state index in [4.69, 9.17) is 9.47 Å². The molecule has 10 rings (SSSR count). The van der Waals surface area contributed by atoms with Crippen molar-refractivity contribution in [3.05, 3.63) is 138 Å². The molecule has 0 unspecified atom stereocenters. The van der Waals surface area contributed by atoms with E-state index in [2.05, 4.69) is 169 Å². The number of thiophene rings is 1. The fraction of sp³-hybridized carbons (Fsp3) is 0.240. The normalized spacial score (nSPS) is 14.3. The molecule has 4 nitrogen and oxygen atoms in total. The lowest BCUT2D eigenvalue weighted by Gasteiger charge is -2.43. The molecular formula is C50H47BN2O2S. The summed E-state index contributed by atoms with van der Waals surface area (Å²) in [7, 11) is 0. The zero-order valence-corrected chi connectivity index (χ0v) is 34.6. The van der Waals surface area contributed by atoms with Crippen molar-refractivity contribution < 1.29 is 9.47 Å². The number of benzene rings is 6. The van der Waals surface area contributed by atoms with Gasteiger partial charge in [-0.05, 0) is 105 Å². The molecule has 6 heteroatoms. The number of fused-ring (bicyclic) bond motifs is 8. The lowest BCUT2D eigenvalue weighted by atomic mass is 9.36. The fourth-order valence-corrected chi connectivity index (χ4v) is 10.0. The predicted molar refractivity (Wildman–Crippen MR) is 239 cm³/mol. The van der Waals surface area contributed by atoms with Gasteiger partial charge in [-0.25, -0.2) is 0 Å². The van der Waals surface area contributed by atoms with Gasteiger partial charge >= 0.3 is 0 Å². The topological polar surface area (TPSA) is 24.9 Å². The summed E-state index contributed by atoms with van der Waals surface area (Å²) in [5.41, 5.74) is 13.9. The first kappa shape index (κ1) is 35.0. The molecule has 0 aliphatic carbocycles. The first-order valence-corrected chi connectivity index (χ1v) is 20.6. The van der Waals surface area contributed by atoms with E-state index in [0.717, 1.165) is 34.1 Å². The molecule has 4 heterocycles. The van der Waals surface area contributed by atoms with Crippen molar-refractivity contribution in [3.63, 3.8) is 0 Å². The Bertz CT molecular complexity index is 2710. The van der Waals surface area contributed by atoms with Gasteiger partial charge in [-0.3, -0.25) is 0 Å². The van der Waals surface area contributed by atoms with Crippen molar-refractivity contribution in [1.82, 2.24) is 0 Å². The summed E-state index contributed by atoms with van der Waals surface area (Å²) in [5.74, 6) is 2.96. The van der Waals surface area contributed by atoms with Crippen LogP contribution >= 0.6 is 11.3 Å². The highest BCUT2D eigenvalue weighted by Crippen LogP contribution is 2.52. The lowest BCUT2D eigenvalue weighted by molar-refractivity contribution is 0.360. The molecule has 3 aliphatic rings. The minimum atomic E-state index is -0.0186. The molecule has 278 valence electrons. The molecule has 7 aromatic rings. The number of rotatable bonds is 2. The number of hydrogen-bond donors (Lipinski definition) is 0. The Morgan fingerprint density at radius 3 is 1.57 bits per heavy atom. The molecule has 0 saturated heterocycles. The summed E-state index contributed by atoms with van der Waals surface area (Å²) in [6.07, 6.45) is 0. The van der Waals surface area contributed by atoms with Crippen LogP contribution in [0.3, 0.4) is 0 Å². The Kier molecular flexibility index (Phi) is 7.51. The molecule has 6 aromatic carbocycles. The van der Waals surface area contributed by atoms with Crippen LogP contribution in [0.5, 0.6) is 23.0 Å². The van der Waals surface area contributed by atoms with Crippen LogP contribution < -0.4 is 35.0 Å². The lowest BCUT2D eigenvalue weighted by Crippen LogP contribution is -2.60. The number of nitrogens with zero attached hydrogens (tertiary/aromatic N) is 2. The zero-order chi connectivity index (χ0) is 38.9. The van der Waals surface area contributed by atoms with Crippen LogP contribution in [-0.2, 0) is 16.2 Å². The maximum atomic E-state index is 6.55. The third kappa shape index (κ3) is 5.40. The summed E-state index contributed by atoms with van der Waals surface area (Å²) in [4.78, 5) is 5.01. The standard InChI is InChI=1S/C50H47BN2O2S/c1-48(2,3)30-17-22-33(23-18-30)52-37-26-21-32(50(7,8)9)27-36(37)51-45-38(52)13-12-14-39(45)53(34-24-19-31(20-25-34)49(4,5)6)46-35-28-42-43(29-44(35)56-47(46)51)55-41-16-11-10-15-40(41)54-42/h10-29H,1-9H3. The molecule has 0 fully saturated rings. The molecular weight excluding hydrogens is 703 g/mol. The molecule has 0 spiro atoms. The Hall–Kier alpha value is -5.46. The Balaban J connectivity index is 1.26. The fourth-order valence-electron chi connectivity index (χ4n) is 8.68. The summed E-state index contributed by atoms with van der Waals surface area (Å²) >= 11 is 1.88. The summed E-state index contributed by atoms with van der Waals surface area (Å²) in [6.45, 7) is 20.7. The van der Waals surface area contributed by atoms with E-state index in [1.807, 2.05) is 35.6 Å². The van der Waals surface area contributed by atoms with Crippen molar-refractivity contribution in [2.24, 2.45) is 0 Å². The second-order valence-corrected chi connectivity index (χ2v) is 19.8. The Labute approximate surface area is 335 Å². The van der Waals surface area contributed by atoms with Crippen LogP contribution in [-0.4, -0.2) is 6.71 Å². The van der Waals surface area contributed by atoms with E-state index in [-0.39, 0.29) is 23.0 Å². The molecule has 0 bridgehead atoms. The SMILES string of the molecule is CC(C)(C)c1ccc(N2c3ccc(C(C)(C)C)cc3B3c4sc5cc6c(cc5c4N(c4ccc(C(C)(C)C)cc4)c4cccc2c43)Oc2ccccc2O6)cc1. The summed E-state index contributed by atoms with van der Waals surface area (Å²) in [5, 5.41) is 1.16. The van der Waals surface area contributed by atoms with Gasteiger partial charge in [0.2, 0.25) is 0 Å². The van der Waals surface area contributed by atoms with E-state index in [9.17, 15) is 0 Å². The van der Waals surface area contributed by atoms with Crippen LogP contribution in [0, 0.1) is 0 Å². The maximum Gasteiger partial charge on any atom is 0.264 e. The first-order chi connectivity index (χ1) is 26.6. The van der Waals surface area contributed by atoms with Crippen LogP contribution in [0.25, 0.3) is 10.1 Å². The van der Waals surface area contributed by atoms with Crippen molar-refractivity contribution in [2.45, 2.75) is 78.6 Å². The van der Waals surface area contributed by atoms with Gasteiger partial charge in [0, 0.05) is 49.4 Å². The first-order valence-electron chi connectivity index (χ1n) is 19.8. The number of hydrogen-bond acceptors (Lipinski definition) is 5. The molecule has 0 saturated carbocycles. The van der Waals surface area contributed by atoms with E-state index >= 15 is 0 Å². The average molecular weight is 751 g/mol. The maximum absolute atomic E-state index is 6.55. The molecule has 3 aliphatic heterocycles. The van der Waals surface area contributed by atoms with Gasteiger partial charge in [-0.2, -0.15) is 0 Å². The van der Waals surface area contributed by atoms with Crippen LogP contribution in [0.4, 0.5) is 34.1 Å². The molecule has 0 radical (unpaired) electrons. The number of anilines is 6. The van der Waals surface area contributed by atoms with E-state index in [1.54, 1.807) is 0 Å². The molecule has 56 heavy (non-hydrogen) atoms. The summed E-state index contributed by atoms with van der Waals surface area (Å²) in [6, 6.07) is 44.8. The van der Waals surface area contributed by atoms with Gasteiger partial charge in [0.1, 0.15) is 0 Å². The molecule has 0 N–H and O–H groups in total. The highest BCUT2D eigenvalue weighted by molar-refractivity contribution is 7.33. The highest BCUT2D eigenvalue weighted by atomic mass is 32.1. The van der Waals surface area contributed by atoms with E-state index in [0.29, 0.717) is 0 Å². The zero-order valence-electron chi connectivity index (χ0n) is 33.7. The van der Waals surface area contributed by atoms with E-state index < -0.39 is 0 Å². The predicted octanol–water partition coefficient (Wildman–Crippen LogP) is 12.8. The number of ether oxygens (including phenoxy) is 2. The summed E-state index contributed by atoms with van der Waals surface area (Å²) < 4.78 is 15.5. The van der Waals surface area contributed by atoms with E-state index in [1.165, 1.54) is 65.5 Å². The Morgan fingerprint density at radius 2 is 1.00 bits per heavy atom. The van der Waals surface area contributed by atoms with Gasteiger partial charge in [0.25, 0.3) is 6.71 Å². The largest absolute Gasteiger partial charge is 0.449 e. The smallest absolute Gasteiger partial charge is 0.264 e. The van der Waals surface area contributed by atoms with Gasteiger partial charge < -0.3 is 19.3 Å². The second kappa shape index (κ2) is 12.0.